The van der Waals surface area contributed by atoms with E-state index in [1.807, 2.05) is 0 Å². The van der Waals surface area contributed by atoms with Gasteiger partial charge in [-0.25, -0.2) is 4.98 Å². The summed E-state index contributed by atoms with van der Waals surface area (Å²) >= 11 is 13.6. The van der Waals surface area contributed by atoms with Gasteiger partial charge in [-0.05, 0) is 42.5 Å². The van der Waals surface area contributed by atoms with E-state index < -0.39 is 17.9 Å². The molecule has 0 spiro atoms. The van der Waals surface area contributed by atoms with Crippen molar-refractivity contribution >= 4 is 66.8 Å². The Morgan fingerprint density at radius 1 is 1.06 bits per heavy atom. The van der Waals surface area contributed by atoms with Crippen LogP contribution in [0.5, 0.6) is 5.75 Å². The quantitative estimate of drug-likeness (QED) is 0.304. The Morgan fingerprint density at radius 3 is 2.70 bits per heavy atom. The minimum Gasteiger partial charge on any atom is -0.476 e. The van der Waals surface area contributed by atoms with Gasteiger partial charge in [-0.15, -0.1) is 0 Å². The molecule has 164 valence electrons. The van der Waals surface area contributed by atoms with Gasteiger partial charge in [0, 0.05) is 10.6 Å². The number of halogens is 2. The molecule has 6 nitrogen and oxygen atoms in total. The first kappa shape index (κ1) is 21.5. The molecule has 0 atom stereocenters. The Morgan fingerprint density at radius 2 is 1.85 bits per heavy atom. The first-order valence-electron chi connectivity index (χ1n) is 9.79. The first-order chi connectivity index (χ1) is 16.0. The highest BCUT2D eigenvalue weighted by Gasteiger charge is 2.20. The van der Waals surface area contributed by atoms with Crippen molar-refractivity contribution in [2.45, 2.75) is 0 Å². The molecule has 1 amide bonds. The number of amides is 1. The Balaban J connectivity index is 1.45. The van der Waals surface area contributed by atoms with Gasteiger partial charge in [0.05, 0.1) is 20.6 Å². The standard InChI is InChI=1S/C24H14Cl2N2O4S/c25-13-9-10-17-19(11-13)33-24(27-17)28-20(29)12-31-23-21(30)15-6-2-4-8-18(15)32-22(23)14-5-1-3-7-16(14)26/h1-11H,12H2,(H,27,28,29). The summed E-state index contributed by atoms with van der Waals surface area (Å²) in [6.07, 6.45) is 0. The summed E-state index contributed by atoms with van der Waals surface area (Å²) in [5.74, 6) is -0.405. The number of ether oxygens (including phenoxy) is 1. The van der Waals surface area contributed by atoms with Crippen LogP contribution in [0.1, 0.15) is 0 Å². The van der Waals surface area contributed by atoms with Gasteiger partial charge < -0.3 is 9.15 Å². The van der Waals surface area contributed by atoms with Crippen LogP contribution < -0.4 is 15.5 Å². The predicted molar refractivity (Wildman–Crippen MR) is 132 cm³/mol. The second-order valence-electron chi connectivity index (χ2n) is 7.03. The second-order valence-corrected chi connectivity index (χ2v) is 8.91. The van der Waals surface area contributed by atoms with Gasteiger partial charge in [-0.1, -0.05) is 58.8 Å². The lowest BCUT2D eigenvalue weighted by Gasteiger charge is -2.12. The highest BCUT2D eigenvalue weighted by Crippen LogP contribution is 2.35. The smallest absolute Gasteiger partial charge is 0.264 e. The van der Waals surface area contributed by atoms with Gasteiger partial charge in [0.15, 0.2) is 17.5 Å². The fourth-order valence-corrected chi connectivity index (χ4v) is 4.70. The molecular formula is C24H14Cl2N2O4S. The summed E-state index contributed by atoms with van der Waals surface area (Å²) < 4.78 is 12.5. The molecule has 0 bridgehead atoms. The van der Waals surface area contributed by atoms with Gasteiger partial charge in [-0.3, -0.25) is 14.9 Å². The summed E-state index contributed by atoms with van der Waals surface area (Å²) in [5.41, 5.74) is 1.20. The van der Waals surface area contributed by atoms with Crippen molar-refractivity contribution in [3.8, 4) is 17.1 Å². The van der Waals surface area contributed by atoms with Crippen LogP contribution in [0.25, 0.3) is 32.5 Å². The molecule has 5 rings (SSSR count). The number of aromatic nitrogens is 1. The molecule has 1 N–H and O–H groups in total. The zero-order valence-electron chi connectivity index (χ0n) is 16.8. The second kappa shape index (κ2) is 8.86. The number of hydrogen-bond donors (Lipinski definition) is 1. The van der Waals surface area contributed by atoms with Gasteiger partial charge in [0.1, 0.15) is 5.58 Å². The predicted octanol–water partition coefficient (Wildman–Crippen LogP) is 6.39. The number of nitrogens with zero attached hydrogens (tertiary/aromatic N) is 1. The molecule has 5 aromatic rings. The molecule has 0 saturated carbocycles. The largest absolute Gasteiger partial charge is 0.476 e. The number of carbonyl (C=O) groups excluding carboxylic acids is 1. The number of benzene rings is 3. The number of fused-ring (bicyclic) bond motifs is 2. The molecule has 0 aliphatic carbocycles. The fourth-order valence-electron chi connectivity index (χ4n) is 3.32. The van der Waals surface area contributed by atoms with Crippen LogP contribution in [0.15, 0.2) is 75.9 Å². The van der Waals surface area contributed by atoms with Crippen LogP contribution in [0.2, 0.25) is 10.0 Å². The van der Waals surface area contributed by atoms with Crippen LogP contribution in [-0.2, 0) is 4.79 Å². The van der Waals surface area contributed by atoms with Crippen LogP contribution in [0.3, 0.4) is 0 Å². The Bertz CT molecular complexity index is 1580. The maximum atomic E-state index is 13.2. The average molecular weight is 497 g/mol. The summed E-state index contributed by atoms with van der Waals surface area (Å²) in [5, 5.41) is 4.40. The van der Waals surface area contributed by atoms with E-state index >= 15 is 0 Å². The van der Waals surface area contributed by atoms with Crippen molar-refractivity contribution in [1.29, 1.82) is 0 Å². The van der Waals surface area contributed by atoms with Crippen molar-refractivity contribution in [3.05, 3.63) is 87.0 Å². The van der Waals surface area contributed by atoms with Crippen molar-refractivity contribution in [2.75, 3.05) is 11.9 Å². The Labute approximate surface area is 201 Å². The Kier molecular flexibility index (Phi) is 5.76. The topological polar surface area (TPSA) is 81.4 Å². The molecule has 0 saturated heterocycles. The third-order valence-electron chi connectivity index (χ3n) is 4.82. The number of rotatable bonds is 5. The maximum absolute atomic E-state index is 13.2. The molecule has 0 aliphatic heterocycles. The van der Waals surface area contributed by atoms with Gasteiger partial charge in [0.2, 0.25) is 11.2 Å². The molecule has 2 heterocycles. The zero-order chi connectivity index (χ0) is 22.9. The van der Waals surface area contributed by atoms with Crippen LogP contribution in [0.4, 0.5) is 5.13 Å². The van der Waals surface area contributed by atoms with E-state index in [2.05, 4.69) is 10.3 Å². The van der Waals surface area contributed by atoms with Gasteiger partial charge in [0.25, 0.3) is 5.91 Å². The number of thiazole rings is 1. The molecule has 33 heavy (non-hydrogen) atoms. The molecule has 0 aliphatic rings. The summed E-state index contributed by atoms with van der Waals surface area (Å²) in [7, 11) is 0. The van der Waals surface area contributed by atoms with E-state index in [0.717, 1.165) is 10.2 Å². The van der Waals surface area contributed by atoms with Gasteiger partial charge >= 0.3 is 0 Å². The molecule has 0 radical (unpaired) electrons. The highest BCUT2D eigenvalue weighted by atomic mass is 35.5. The highest BCUT2D eigenvalue weighted by molar-refractivity contribution is 7.22. The average Bonchev–Trinajstić information content (AvgIpc) is 3.20. The number of carbonyl (C=O) groups is 1. The third kappa shape index (κ3) is 4.30. The monoisotopic (exact) mass is 496 g/mol. The Hall–Kier alpha value is -3.39. The number of para-hydroxylation sites is 1. The summed E-state index contributed by atoms with van der Waals surface area (Å²) in [4.78, 5) is 30.1. The summed E-state index contributed by atoms with van der Waals surface area (Å²) in [6, 6.07) is 19.0. The molecule has 3 aromatic carbocycles. The SMILES string of the molecule is O=C(COc1c(-c2ccccc2Cl)oc2ccccc2c1=O)Nc1nc2ccc(Cl)cc2s1. The van der Waals surface area contributed by atoms with Crippen LogP contribution >= 0.6 is 34.5 Å². The fraction of sp³-hybridized carbons (Fsp3) is 0.0417. The van der Waals surface area contributed by atoms with Crippen molar-refractivity contribution in [2.24, 2.45) is 0 Å². The van der Waals surface area contributed by atoms with E-state index in [1.165, 1.54) is 11.3 Å². The van der Waals surface area contributed by atoms with E-state index in [0.29, 0.717) is 31.7 Å². The molecule has 0 fully saturated rings. The minimum atomic E-state index is -0.474. The first-order valence-corrected chi connectivity index (χ1v) is 11.4. The molecular weight excluding hydrogens is 483 g/mol. The lowest BCUT2D eigenvalue weighted by molar-refractivity contribution is -0.118. The molecule has 2 aromatic heterocycles. The number of nitrogens with one attached hydrogen (secondary N) is 1. The van der Waals surface area contributed by atoms with Crippen LogP contribution in [0, 0.1) is 0 Å². The lowest BCUT2D eigenvalue weighted by Crippen LogP contribution is -2.22. The van der Waals surface area contributed by atoms with Crippen molar-refractivity contribution in [3.63, 3.8) is 0 Å². The maximum Gasteiger partial charge on any atom is 0.264 e. The van der Waals surface area contributed by atoms with Crippen LogP contribution in [-0.4, -0.2) is 17.5 Å². The number of hydrogen-bond acceptors (Lipinski definition) is 6. The third-order valence-corrected chi connectivity index (χ3v) is 6.32. The van der Waals surface area contributed by atoms with Crippen molar-refractivity contribution in [1.82, 2.24) is 4.98 Å². The van der Waals surface area contributed by atoms with Crippen molar-refractivity contribution < 1.29 is 13.9 Å². The van der Waals surface area contributed by atoms with Gasteiger partial charge in [-0.2, -0.15) is 0 Å². The molecule has 0 unspecified atom stereocenters. The summed E-state index contributed by atoms with van der Waals surface area (Å²) in [6.45, 7) is -0.419. The normalized spacial score (nSPS) is 11.1. The van der Waals surface area contributed by atoms with E-state index in [9.17, 15) is 9.59 Å². The minimum absolute atomic E-state index is 0.0898. The van der Waals surface area contributed by atoms with E-state index in [-0.39, 0.29) is 11.5 Å². The zero-order valence-corrected chi connectivity index (χ0v) is 19.1. The van der Waals surface area contributed by atoms with E-state index in [4.69, 9.17) is 32.4 Å². The van der Waals surface area contributed by atoms with E-state index in [1.54, 1.807) is 66.7 Å². The number of anilines is 1. The molecule has 9 heteroatoms. The lowest BCUT2D eigenvalue weighted by atomic mass is 10.1.